The molecule has 0 radical (unpaired) electrons. The fourth-order valence-electron chi connectivity index (χ4n) is 10.9. The molecule has 5 aliphatic rings. The number of aliphatic hydroxyl groups is 1. The molecule has 4 N–H and O–H groups in total. The number of esters is 1. The van der Waals surface area contributed by atoms with Gasteiger partial charge in [0, 0.05) is 35.7 Å². The molecule has 10 nitrogen and oxygen atoms in total. The Balaban J connectivity index is 1.22. The van der Waals surface area contributed by atoms with Gasteiger partial charge >= 0.3 is 5.97 Å². The number of allylic oxidation sites excluding steroid dienone is 3. The summed E-state index contributed by atoms with van der Waals surface area (Å²) in [5.41, 5.74) is -0.0434. The lowest BCUT2D eigenvalue weighted by Crippen LogP contribution is -2.52. The summed E-state index contributed by atoms with van der Waals surface area (Å²) in [6.07, 6.45) is 17.0. The van der Waals surface area contributed by atoms with E-state index >= 15 is 0 Å². The van der Waals surface area contributed by atoms with Crippen LogP contribution in [0.3, 0.4) is 0 Å². The normalized spacial score (nSPS) is 29.2. The fourth-order valence-corrected chi connectivity index (χ4v) is 10.9. The smallest absolute Gasteiger partial charge is 0.350 e. The van der Waals surface area contributed by atoms with Crippen LogP contribution in [0.1, 0.15) is 130 Å². The first-order valence-corrected chi connectivity index (χ1v) is 21.6. The summed E-state index contributed by atoms with van der Waals surface area (Å²) in [5, 5.41) is 21.2. The third kappa shape index (κ3) is 7.79. The number of nitrogens with one attached hydrogen (secondary N) is 3. The second-order valence-corrected chi connectivity index (χ2v) is 18.0. The number of epoxide rings is 1. The molecule has 0 amide bonds. The largest absolute Gasteiger partial charge is 0.463 e. The van der Waals surface area contributed by atoms with Gasteiger partial charge in [-0.25, -0.2) is 9.78 Å². The summed E-state index contributed by atoms with van der Waals surface area (Å²) in [4.78, 5) is 49.2. The molecule has 0 bridgehead atoms. The van der Waals surface area contributed by atoms with Crippen LogP contribution in [0, 0.1) is 23.7 Å². The Hall–Kier alpha value is -3.70. The van der Waals surface area contributed by atoms with E-state index in [1.165, 1.54) is 5.56 Å². The highest BCUT2D eigenvalue weighted by Gasteiger charge is 2.85. The van der Waals surface area contributed by atoms with Gasteiger partial charge in [-0.05, 0) is 124 Å². The predicted octanol–water partition coefficient (Wildman–Crippen LogP) is 7.26. The van der Waals surface area contributed by atoms with Gasteiger partial charge in [-0.1, -0.05) is 76.0 Å². The Morgan fingerprint density at radius 1 is 1.09 bits per heavy atom. The minimum atomic E-state index is -2.11. The maximum absolute atomic E-state index is 15.0. The van der Waals surface area contributed by atoms with Crippen molar-refractivity contribution in [2.75, 3.05) is 38.8 Å². The van der Waals surface area contributed by atoms with Gasteiger partial charge in [0.2, 0.25) is 5.78 Å². The van der Waals surface area contributed by atoms with Crippen LogP contribution in [0.4, 0.5) is 5.82 Å². The van der Waals surface area contributed by atoms with Gasteiger partial charge in [0.15, 0.2) is 11.4 Å². The lowest BCUT2D eigenvalue weighted by Gasteiger charge is -2.42. The van der Waals surface area contributed by atoms with Crippen molar-refractivity contribution in [3.8, 4) is 0 Å². The van der Waals surface area contributed by atoms with Crippen molar-refractivity contribution in [3.05, 3.63) is 82.1 Å². The molecule has 0 spiro atoms. The molecule has 3 fully saturated rings. The lowest BCUT2D eigenvalue weighted by atomic mass is 9.65. The minimum Gasteiger partial charge on any atom is -0.463 e. The summed E-state index contributed by atoms with van der Waals surface area (Å²) < 4.78 is 12.7. The van der Waals surface area contributed by atoms with E-state index in [0.29, 0.717) is 36.9 Å². The summed E-state index contributed by atoms with van der Waals surface area (Å²) in [7, 11) is 1.88. The van der Waals surface area contributed by atoms with Crippen molar-refractivity contribution in [2.24, 2.45) is 23.7 Å². The number of benzene rings is 1. The molecule has 2 aromatic rings. The molecular formula is C47H64N4O6. The number of pyridine rings is 1. The topological polar surface area (TPSA) is 142 Å². The van der Waals surface area contributed by atoms with Crippen LogP contribution in [0.2, 0.25) is 0 Å². The average molecular weight is 781 g/mol. The Kier molecular flexibility index (Phi) is 12.6. The molecule has 57 heavy (non-hydrogen) atoms. The summed E-state index contributed by atoms with van der Waals surface area (Å²) in [6, 6.07) is 9.78. The highest BCUT2D eigenvalue weighted by Crippen LogP contribution is 2.60. The van der Waals surface area contributed by atoms with Crippen LogP contribution in [0.5, 0.6) is 0 Å². The van der Waals surface area contributed by atoms with Gasteiger partial charge in [0.1, 0.15) is 5.82 Å². The maximum Gasteiger partial charge on any atom is 0.350 e. The monoisotopic (exact) mass is 780 g/mol. The third-order valence-electron chi connectivity index (χ3n) is 13.9. The van der Waals surface area contributed by atoms with Crippen LogP contribution in [-0.4, -0.2) is 78.3 Å². The molecule has 2 saturated carbocycles. The molecule has 308 valence electrons. The SMILES string of the molecule is CCN[C@H]1C[C@H]2C=CCC[C@H]2C[C@@H]1COC(=O)[C@]12O[C@@]1(C/C(CO)=C(\C)CC1(c3ccnc(NCNC)c3)CCCCC1)C(=O)c1cccc(CC(C)C)c1C2=O. The number of aliphatic hydroxyl groups excluding tert-OH is 1. The molecule has 7 rings (SSSR count). The first-order chi connectivity index (χ1) is 27.5. The van der Waals surface area contributed by atoms with E-state index in [1.807, 2.05) is 32.3 Å². The molecule has 2 heterocycles. The zero-order valence-corrected chi connectivity index (χ0v) is 34.8. The van der Waals surface area contributed by atoms with E-state index in [0.717, 1.165) is 81.3 Å². The summed E-state index contributed by atoms with van der Waals surface area (Å²) in [6.45, 7) is 9.47. The number of carbonyl (C=O) groups is 3. The second kappa shape index (κ2) is 17.3. The Morgan fingerprint density at radius 3 is 2.63 bits per heavy atom. The Morgan fingerprint density at radius 2 is 1.89 bits per heavy atom. The number of ether oxygens (including phenoxy) is 2. The predicted molar refractivity (Wildman–Crippen MR) is 222 cm³/mol. The van der Waals surface area contributed by atoms with Crippen molar-refractivity contribution >= 4 is 23.4 Å². The fraction of sp³-hybridized carbons (Fsp3) is 0.617. The molecule has 1 saturated heterocycles. The lowest BCUT2D eigenvalue weighted by molar-refractivity contribution is -0.150. The van der Waals surface area contributed by atoms with E-state index in [1.54, 1.807) is 6.07 Å². The van der Waals surface area contributed by atoms with Gasteiger partial charge in [-0.3, -0.25) is 9.59 Å². The van der Waals surface area contributed by atoms with Crippen molar-refractivity contribution < 1.29 is 29.0 Å². The number of aromatic nitrogens is 1. The van der Waals surface area contributed by atoms with E-state index in [-0.39, 0.29) is 59.8 Å². The van der Waals surface area contributed by atoms with E-state index in [2.05, 4.69) is 66.0 Å². The van der Waals surface area contributed by atoms with Crippen LogP contribution in [0.15, 0.2) is 59.8 Å². The highest BCUT2D eigenvalue weighted by atomic mass is 16.7. The van der Waals surface area contributed by atoms with Crippen LogP contribution in [-0.2, 0) is 26.1 Å². The number of ketones is 2. The number of Topliss-reactive ketones (excluding diaryl/α,β-unsaturated/α-hetero) is 2. The zero-order chi connectivity index (χ0) is 40.4. The van der Waals surface area contributed by atoms with Gasteiger partial charge in [0.25, 0.3) is 5.60 Å². The van der Waals surface area contributed by atoms with Crippen molar-refractivity contribution in [1.82, 2.24) is 15.6 Å². The number of hydrogen-bond acceptors (Lipinski definition) is 10. The van der Waals surface area contributed by atoms with Crippen molar-refractivity contribution in [1.29, 1.82) is 0 Å². The van der Waals surface area contributed by atoms with Crippen LogP contribution in [0.25, 0.3) is 0 Å². The maximum atomic E-state index is 15.0. The van der Waals surface area contributed by atoms with E-state index in [9.17, 15) is 19.5 Å². The minimum absolute atomic E-state index is 0.0657. The number of anilines is 1. The molecular weight excluding hydrogens is 717 g/mol. The molecule has 6 atom stereocenters. The van der Waals surface area contributed by atoms with Gasteiger partial charge in [0.05, 0.1) is 19.9 Å². The molecule has 10 heteroatoms. The quantitative estimate of drug-likeness (QED) is 0.0452. The molecule has 1 aromatic heterocycles. The molecule has 1 aliphatic heterocycles. The van der Waals surface area contributed by atoms with Gasteiger partial charge in [-0.15, -0.1) is 0 Å². The molecule has 4 aliphatic carbocycles. The van der Waals surface area contributed by atoms with E-state index < -0.39 is 23.0 Å². The van der Waals surface area contributed by atoms with Crippen LogP contribution >= 0.6 is 0 Å². The molecule has 0 unspecified atom stereocenters. The van der Waals surface area contributed by atoms with Gasteiger partial charge < -0.3 is 30.5 Å². The number of carbonyl (C=O) groups excluding carboxylic acids is 3. The van der Waals surface area contributed by atoms with Crippen LogP contribution < -0.4 is 16.0 Å². The Labute approximate surface area is 339 Å². The molecule has 1 aromatic carbocycles. The standard InChI is InChI=1S/C47H64N4O6/c1-6-49-39-23-33-14-9-8-13-32(33)22-35(39)28-56-44(55)47-43(54)41-34(21-30(2)3)15-12-16-38(41)42(53)46(47,57-47)26-36(27-52)31(4)25-45(18-10-7-11-19-45)37-17-20-50-40(24-37)51-29-48-5/h9,12,14-17,20,24,30,32-33,35,39,48-49,52H,6-8,10-11,13,18-19,21-23,25-29H2,1-5H3,(H,50,51)/b36-31-/t32-,33+,35+,39-,46-,47-/m0/s1. The van der Waals surface area contributed by atoms with Gasteiger partial charge in [-0.2, -0.15) is 0 Å². The van der Waals surface area contributed by atoms with Crippen molar-refractivity contribution in [3.63, 3.8) is 0 Å². The highest BCUT2D eigenvalue weighted by molar-refractivity contribution is 6.33. The summed E-state index contributed by atoms with van der Waals surface area (Å²) in [5.74, 6) is 0.457. The van der Waals surface area contributed by atoms with E-state index in [4.69, 9.17) is 9.47 Å². The Bertz CT molecular complexity index is 1880. The average Bonchev–Trinajstić information content (AvgIpc) is 3.92. The first kappa shape index (κ1) is 41.5. The number of rotatable bonds is 16. The second-order valence-electron chi connectivity index (χ2n) is 18.0. The third-order valence-corrected chi connectivity index (χ3v) is 13.9. The zero-order valence-electron chi connectivity index (χ0n) is 34.8. The number of fused-ring (bicyclic) bond motifs is 3. The summed E-state index contributed by atoms with van der Waals surface area (Å²) >= 11 is 0. The first-order valence-electron chi connectivity index (χ1n) is 21.6. The number of hydrogen-bond donors (Lipinski definition) is 4. The van der Waals surface area contributed by atoms with Crippen molar-refractivity contribution in [2.45, 2.75) is 127 Å². The number of nitrogens with zero attached hydrogens (tertiary/aromatic N) is 1.